The normalized spacial score (nSPS) is 17.2. The molecule has 0 aliphatic heterocycles. The van der Waals surface area contributed by atoms with Crippen LogP contribution in [-0.2, 0) is 21.9 Å². The number of nitrogens with zero attached hydrogens (tertiary/aromatic N) is 2. The van der Waals surface area contributed by atoms with Gasteiger partial charge in [-0.1, -0.05) is 11.6 Å². The van der Waals surface area contributed by atoms with Crippen LogP contribution < -0.4 is 10.0 Å². The maximum atomic E-state index is 12.0. The van der Waals surface area contributed by atoms with Gasteiger partial charge in [0.15, 0.2) is 0 Å². The molecule has 2 N–H and O–H groups in total. The second-order valence-electron chi connectivity index (χ2n) is 4.58. The van der Waals surface area contributed by atoms with Crippen LogP contribution in [0.5, 0.6) is 0 Å². The van der Waals surface area contributed by atoms with Gasteiger partial charge in [0.1, 0.15) is 5.15 Å². The average Bonchev–Trinajstić information content (AvgIpc) is 3.05. The van der Waals surface area contributed by atoms with E-state index in [4.69, 9.17) is 11.6 Å². The van der Waals surface area contributed by atoms with Gasteiger partial charge in [-0.05, 0) is 19.8 Å². The van der Waals surface area contributed by atoms with Crippen molar-refractivity contribution in [1.29, 1.82) is 0 Å². The quantitative estimate of drug-likeness (QED) is 0.802. The Morgan fingerprint density at radius 3 is 2.68 bits per heavy atom. The number of halogens is 1. The van der Waals surface area contributed by atoms with Crippen molar-refractivity contribution < 1.29 is 13.2 Å². The number of sulfonamides is 1. The van der Waals surface area contributed by atoms with Gasteiger partial charge in [0.25, 0.3) is 10.0 Å². The molecule has 2 rings (SSSR count). The monoisotopic (exact) mass is 306 g/mol. The number of aryl methyl sites for hydroxylation is 1. The number of imidazole rings is 1. The van der Waals surface area contributed by atoms with Crippen LogP contribution in [0, 0.1) is 0 Å². The molecule has 1 aromatic heterocycles. The molecule has 0 spiro atoms. The lowest BCUT2D eigenvalue weighted by atomic mass is 10.3. The predicted octanol–water partition coefficient (Wildman–Crippen LogP) is 0.0189. The molecule has 9 heteroatoms. The van der Waals surface area contributed by atoms with Gasteiger partial charge >= 0.3 is 0 Å². The van der Waals surface area contributed by atoms with Gasteiger partial charge in [0, 0.05) is 13.1 Å². The van der Waals surface area contributed by atoms with Crippen LogP contribution in [0.15, 0.2) is 11.4 Å². The largest absolute Gasteiger partial charge is 0.352 e. The number of amides is 1. The van der Waals surface area contributed by atoms with Gasteiger partial charge in [0.2, 0.25) is 10.9 Å². The van der Waals surface area contributed by atoms with E-state index in [1.54, 1.807) is 7.05 Å². The van der Waals surface area contributed by atoms with E-state index in [1.165, 1.54) is 17.8 Å². The SMILES string of the molecule is CC(NS(=O)(=O)c1ncn(C)c1Cl)C(=O)NC1CC1. The third kappa shape index (κ3) is 3.26. The van der Waals surface area contributed by atoms with Crippen molar-refractivity contribution in [3.05, 3.63) is 11.5 Å². The van der Waals surface area contributed by atoms with E-state index in [0.29, 0.717) is 0 Å². The average molecular weight is 307 g/mol. The highest BCUT2D eigenvalue weighted by Gasteiger charge is 2.30. The molecular weight excluding hydrogens is 292 g/mol. The van der Waals surface area contributed by atoms with E-state index in [2.05, 4.69) is 15.0 Å². The van der Waals surface area contributed by atoms with Gasteiger partial charge in [0.05, 0.1) is 12.4 Å². The summed E-state index contributed by atoms with van der Waals surface area (Å²) in [5.41, 5.74) is 0. The maximum Gasteiger partial charge on any atom is 0.261 e. The first-order chi connectivity index (χ1) is 8.81. The minimum atomic E-state index is -3.90. The lowest BCUT2D eigenvalue weighted by Gasteiger charge is -2.13. The Bertz CT molecular complexity index is 594. The molecule has 106 valence electrons. The summed E-state index contributed by atoms with van der Waals surface area (Å²) < 4.78 is 27.7. The molecular formula is C10H15ClN4O3S. The van der Waals surface area contributed by atoms with Crippen molar-refractivity contribution in [3.63, 3.8) is 0 Å². The molecule has 1 amide bonds. The summed E-state index contributed by atoms with van der Waals surface area (Å²) in [6, 6.07) is -0.693. The highest BCUT2D eigenvalue weighted by molar-refractivity contribution is 7.89. The van der Waals surface area contributed by atoms with Crippen LogP contribution in [0.4, 0.5) is 0 Å². The molecule has 1 fully saturated rings. The number of carbonyl (C=O) groups excluding carboxylic acids is 1. The Morgan fingerprint density at radius 2 is 2.21 bits per heavy atom. The molecule has 19 heavy (non-hydrogen) atoms. The highest BCUT2D eigenvalue weighted by atomic mass is 35.5. The summed E-state index contributed by atoms with van der Waals surface area (Å²) in [5, 5.41) is 2.45. The van der Waals surface area contributed by atoms with Gasteiger partial charge in [-0.2, -0.15) is 4.72 Å². The fourth-order valence-corrected chi connectivity index (χ4v) is 3.10. The first kappa shape index (κ1) is 14.3. The van der Waals surface area contributed by atoms with E-state index in [9.17, 15) is 13.2 Å². The van der Waals surface area contributed by atoms with Gasteiger partial charge < -0.3 is 9.88 Å². The van der Waals surface area contributed by atoms with Crippen LogP contribution in [0.25, 0.3) is 0 Å². The van der Waals surface area contributed by atoms with Crippen molar-refractivity contribution in [3.8, 4) is 0 Å². The molecule has 1 saturated carbocycles. The summed E-state index contributed by atoms with van der Waals surface area (Å²) >= 11 is 5.83. The van der Waals surface area contributed by atoms with Crippen LogP contribution in [0.2, 0.25) is 5.15 Å². The Labute approximate surface area is 116 Å². The third-order valence-corrected chi connectivity index (χ3v) is 4.77. The fraction of sp³-hybridized carbons (Fsp3) is 0.600. The zero-order valence-electron chi connectivity index (χ0n) is 10.6. The Hall–Kier alpha value is -1.12. The standard InChI is InChI=1S/C10H15ClN4O3S/c1-6(9(16)13-7-3-4-7)14-19(17,18)10-8(11)15(2)5-12-10/h5-7,14H,3-4H2,1-2H3,(H,13,16). The minimum Gasteiger partial charge on any atom is -0.352 e. The second kappa shape index (κ2) is 5.10. The number of rotatable bonds is 5. The smallest absolute Gasteiger partial charge is 0.261 e. The Morgan fingerprint density at radius 1 is 1.58 bits per heavy atom. The number of carbonyl (C=O) groups is 1. The predicted molar refractivity (Wildman–Crippen MR) is 69.2 cm³/mol. The van der Waals surface area contributed by atoms with Crippen molar-refractivity contribution in [2.75, 3.05) is 0 Å². The van der Waals surface area contributed by atoms with E-state index in [0.717, 1.165) is 12.8 Å². The van der Waals surface area contributed by atoms with Gasteiger partial charge in [-0.15, -0.1) is 0 Å². The summed E-state index contributed by atoms with van der Waals surface area (Å²) in [7, 11) is -2.32. The molecule has 1 heterocycles. The molecule has 1 aliphatic rings. The summed E-state index contributed by atoms with van der Waals surface area (Å²) in [6.45, 7) is 1.48. The first-order valence-electron chi connectivity index (χ1n) is 5.81. The first-order valence-corrected chi connectivity index (χ1v) is 7.67. The lowest BCUT2D eigenvalue weighted by molar-refractivity contribution is -0.122. The molecule has 0 bridgehead atoms. The van der Waals surface area contributed by atoms with Crippen LogP contribution in [0.3, 0.4) is 0 Å². The van der Waals surface area contributed by atoms with Gasteiger partial charge in [-0.3, -0.25) is 4.79 Å². The fourth-order valence-electron chi connectivity index (χ4n) is 1.47. The van der Waals surface area contributed by atoms with Crippen molar-refractivity contribution in [2.24, 2.45) is 7.05 Å². The van der Waals surface area contributed by atoms with Gasteiger partial charge in [-0.25, -0.2) is 13.4 Å². The lowest BCUT2D eigenvalue weighted by Crippen LogP contribution is -2.45. The molecule has 0 saturated heterocycles. The molecule has 0 radical (unpaired) electrons. The van der Waals surface area contributed by atoms with Crippen LogP contribution in [0.1, 0.15) is 19.8 Å². The topological polar surface area (TPSA) is 93.1 Å². The molecule has 1 aliphatic carbocycles. The summed E-state index contributed by atoms with van der Waals surface area (Å²) in [5.74, 6) is -0.349. The van der Waals surface area contributed by atoms with E-state index >= 15 is 0 Å². The van der Waals surface area contributed by atoms with Crippen molar-refractivity contribution in [2.45, 2.75) is 36.9 Å². The van der Waals surface area contributed by atoms with E-state index in [-0.39, 0.29) is 22.1 Å². The van der Waals surface area contributed by atoms with Crippen molar-refractivity contribution >= 4 is 27.5 Å². The minimum absolute atomic E-state index is 0.00213. The third-order valence-electron chi connectivity index (χ3n) is 2.74. The van der Waals surface area contributed by atoms with E-state index in [1.807, 2.05) is 0 Å². The number of aromatic nitrogens is 2. The number of hydrogen-bond donors (Lipinski definition) is 2. The number of nitrogens with one attached hydrogen (secondary N) is 2. The number of hydrogen-bond acceptors (Lipinski definition) is 4. The summed E-state index contributed by atoms with van der Waals surface area (Å²) in [6.07, 6.45) is 3.18. The Kier molecular flexibility index (Phi) is 3.84. The second-order valence-corrected chi connectivity index (χ2v) is 6.56. The van der Waals surface area contributed by atoms with Crippen LogP contribution in [-0.4, -0.2) is 36.0 Å². The van der Waals surface area contributed by atoms with Crippen LogP contribution >= 0.6 is 11.6 Å². The molecule has 0 aromatic carbocycles. The maximum absolute atomic E-state index is 12.0. The summed E-state index contributed by atoms with van der Waals surface area (Å²) in [4.78, 5) is 15.4. The molecule has 7 nitrogen and oxygen atoms in total. The van der Waals surface area contributed by atoms with E-state index < -0.39 is 16.1 Å². The highest BCUT2D eigenvalue weighted by Crippen LogP contribution is 2.20. The zero-order valence-corrected chi connectivity index (χ0v) is 12.1. The Balaban J connectivity index is 2.08. The molecule has 1 atom stereocenters. The molecule has 1 aromatic rings. The zero-order chi connectivity index (χ0) is 14.2. The van der Waals surface area contributed by atoms with Crippen molar-refractivity contribution in [1.82, 2.24) is 19.6 Å². The molecule has 1 unspecified atom stereocenters.